The summed E-state index contributed by atoms with van der Waals surface area (Å²) in [5, 5.41) is 0. The zero-order valence-electron chi connectivity index (χ0n) is 15.5. The summed E-state index contributed by atoms with van der Waals surface area (Å²) >= 11 is 0. The minimum Gasteiger partial charge on any atom is -0.748 e. The molecule has 0 heterocycles. The van der Waals surface area contributed by atoms with E-state index in [0.717, 1.165) is 12.2 Å². The summed E-state index contributed by atoms with van der Waals surface area (Å²) in [5.41, 5.74) is 1.31. The smallest absolute Gasteiger partial charge is 0.748 e. The molecule has 0 N–H and O–H groups in total. The molecule has 0 bridgehead atoms. The number of unbranched alkanes of at least 4 members (excludes halogenated alkanes) is 5. The molecule has 0 aromatic heterocycles. The summed E-state index contributed by atoms with van der Waals surface area (Å²) in [6.45, 7) is 2.73. The van der Waals surface area contributed by atoms with Crippen molar-refractivity contribution >= 4 is 10.1 Å². The van der Waals surface area contributed by atoms with Crippen LogP contribution in [0.5, 0.6) is 5.75 Å². The molecule has 0 atom stereocenters. The van der Waals surface area contributed by atoms with Crippen molar-refractivity contribution < 1.29 is 52.0 Å². The third-order valence-corrected chi connectivity index (χ3v) is 4.38. The predicted molar refractivity (Wildman–Crippen MR) is 94.4 cm³/mol. The summed E-state index contributed by atoms with van der Waals surface area (Å²) in [4.78, 5) is 0. The normalized spacial score (nSPS) is 11.1. The molecule has 0 aliphatic carbocycles. The zero-order chi connectivity index (χ0) is 17.7. The fourth-order valence-electron chi connectivity index (χ4n) is 2.34. The Labute approximate surface area is 174 Å². The van der Waals surface area contributed by atoms with Crippen LogP contribution in [0, 0.1) is 0 Å². The van der Waals surface area contributed by atoms with E-state index in [1.165, 1.54) is 44.1 Å². The first-order valence-corrected chi connectivity index (χ1v) is 10.3. The molecule has 5 nitrogen and oxygen atoms in total. The van der Waals surface area contributed by atoms with Crippen LogP contribution < -0.4 is 34.3 Å². The van der Waals surface area contributed by atoms with E-state index in [2.05, 4.69) is 19.1 Å². The van der Waals surface area contributed by atoms with Crippen LogP contribution in [0.25, 0.3) is 0 Å². The van der Waals surface area contributed by atoms with Crippen molar-refractivity contribution in [3.63, 3.8) is 0 Å². The number of hydrogen-bond acceptors (Lipinski definition) is 5. The van der Waals surface area contributed by atoms with E-state index in [9.17, 15) is 13.0 Å². The van der Waals surface area contributed by atoms with E-state index in [1.807, 2.05) is 12.1 Å². The number of hydrogen-bond donors (Lipinski definition) is 0. The van der Waals surface area contributed by atoms with Gasteiger partial charge in [0.2, 0.25) is 0 Å². The van der Waals surface area contributed by atoms with Gasteiger partial charge in [-0.05, 0) is 30.5 Å². The van der Waals surface area contributed by atoms with Crippen LogP contribution in [-0.2, 0) is 21.3 Å². The second-order valence-corrected chi connectivity index (χ2v) is 7.41. The van der Waals surface area contributed by atoms with Crippen LogP contribution in [0.4, 0.5) is 0 Å². The standard InChI is InChI=1S/C18H30O5S.Na/c1-2-3-4-5-6-7-8-17-9-11-18(12-10-17)23-14-13-22-15-16-24(19,20)21;/h9-12H,2-8,13-16H2,1H3,(H,19,20,21);/q;+1/p-1. The van der Waals surface area contributed by atoms with Gasteiger partial charge in [0.25, 0.3) is 0 Å². The first-order chi connectivity index (χ1) is 11.5. The number of aryl methyl sites for hydroxylation is 1. The van der Waals surface area contributed by atoms with Crippen molar-refractivity contribution in [1.29, 1.82) is 0 Å². The molecule has 0 fully saturated rings. The van der Waals surface area contributed by atoms with Gasteiger partial charge in [0.1, 0.15) is 12.4 Å². The third-order valence-electron chi connectivity index (χ3n) is 3.72. The summed E-state index contributed by atoms with van der Waals surface area (Å²) in [6, 6.07) is 8.03. The first kappa shape index (κ1) is 24.9. The van der Waals surface area contributed by atoms with Gasteiger partial charge in [0.15, 0.2) is 0 Å². The molecule has 0 spiro atoms. The molecule has 0 unspecified atom stereocenters. The molecule has 1 rings (SSSR count). The molecular weight excluding hydrogens is 351 g/mol. The molecule has 1 aromatic rings. The fourth-order valence-corrected chi connectivity index (χ4v) is 2.67. The number of rotatable bonds is 14. The average Bonchev–Trinajstić information content (AvgIpc) is 2.54. The molecule has 0 aliphatic rings. The summed E-state index contributed by atoms with van der Waals surface area (Å²) in [5.74, 6) is 0.266. The van der Waals surface area contributed by atoms with Crippen LogP contribution >= 0.6 is 0 Å². The fraction of sp³-hybridized carbons (Fsp3) is 0.667. The molecule has 0 saturated heterocycles. The Bertz CT molecular complexity index is 531. The van der Waals surface area contributed by atoms with Gasteiger partial charge >= 0.3 is 29.6 Å². The quantitative estimate of drug-likeness (QED) is 0.267. The Morgan fingerprint density at radius 1 is 0.920 bits per heavy atom. The Morgan fingerprint density at radius 3 is 2.20 bits per heavy atom. The first-order valence-electron chi connectivity index (χ1n) is 8.74. The SMILES string of the molecule is CCCCCCCCc1ccc(OCCOCCS(=O)(=O)[O-])cc1.[Na+]. The van der Waals surface area contributed by atoms with Crippen molar-refractivity contribution in [2.45, 2.75) is 51.9 Å². The topological polar surface area (TPSA) is 75.7 Å². The maximum atomic E-state index is 10.4. The Morgan fingerprint density at radius 2 is 1.56 bits per heavy atom. The van der Waals surface area contributed by atoms with Crippen LogP contribution in [-0.4, -0.2) is 38.5 Å². The van der Waals surface area contributed by atoms with E-state index < -0.39 is 15.9 Å². The van der Waals surface area contributed by atoms with Gasteiger partial charge in [0.05, 0.1) is 29.1 Å². The van der Waals surface area contributed by atoms with Crippen LogP contribution in [0.2, 0.25) is 0 Å². The van der Waals surface area contributed by atoms with Crippen LogP contribution in [0.3, 0.4) is 0 Å². The van der Waals surface area contributed by atoms with E-state index in [-0.39, 0.29) is 42.8 Å². The maximum absolute atomic E-state index is 10.4. The number of ether oxygens (including phenoxy) is 2. The van der Waals surface area contributed by atoms with Crippen LogP contribution in [0.15, 0.2) is 24.3 Å². The summed E-state index contributed by atoms with van der Waals surface area (Å²) in [6.07, 6.45) is 8.88. The van der Waals surface area contributed by atoms with Gasteiger partial charge in [-0.25, -0.2) is 8.42 Å². The predicted octanol–water partition coefficient (Wildman–Crippen LogP) is 0.534. The molecule has 25 heavy (non-hydrogen) atoms. The van der Waals surface area contributed by atoms with Crippen molar-refractivity contribution in [2.75, 3.05) is 25.6 Å². The third kappa shape index (κ3) is 14.7. The molecule has 0 amide bonds. The minimum atomic E-state index is -4.20. The molecule has 0 aliphatic heterocycles. The summed E-state index contributed by atoms with van der Waals surface area (Å²) in [7, 11) is -4.20. The van der Waals surface area contributed by atoms with Crippen molar-refractivity contribution in [2.24, 2.45) is 0 Å². The molecule has 0 saturated carbocycles. The van der Waals surface area contributed by atoms with Gasteiger partial charge in [-0.1, -0.05) is 51.2 Å². The Kier molecular flexibility index (Phi) is 14.9. The second kappa shape index (κ2) is 15.0. The molecule has 138 valence electrons. The van der Waals surface area contributed by atoms with Gasteiger partial charge < -0.3 is 14.0 Å². The van der Waals surface area contributed by atoms with Crippen LogP contribution in [0.1, 0.15) is 51.0 Å². The van der Waals surface area contributed by atoms with Crippen molar-refractivity contribution in [1.82, 2.24) is 0 Å². The van der Waals surface area contributed by atoms with Crippen molar-refractivity contribution in [3.8, 4) is 5.75 Å². The second-order valence-electron chi connectivity index (χ2n) is 5.88. The molecule has 7 heteroatoms. The average molecular weight is 380 g/mol. The number of benzene rings is 1. The minimum absolute atomic E-state index is 0. The van der Waals surface area contributed by atoms with Gasteiger partial charge in [0, 0.05) is 0 Å². The van der Waals surface area contributed by atoms with E-state index in [1.54, 1.807) is 0 Å². The summed E-state index contributed by atoms with van der Waals surface area (Å²) < 4.78 is 41.7. The van der Waals surface area contributed by atoms with Gasteiger partial charge in [-0.3, -0.25) is 0 Å². The van der Waals surface area contributed by atoms with E-state index >= 15 is 0 Å². The van der Waals surface area contributed by atoms with Gasteiger partial charge in [-0.2, -0.15) is 0 Å². The van der Waals surface area contributed by atoms with Crippen molar-refractivity contribution in [3.05, 3.63) is 29.8 Å². The monoisotopic (exact) mass is 380 g/mol. The zero-order valence-corrected chi connectivity index (χ0v) is 18.4. The van der Waals surface area contributed by atoms with Gasteiger partial charge in [-0.15, -0.1) is 0 Å². The maximum Gasteiger partial charge on any atom is 1.00 e. The largest absolute Gasteiger partial charge is 1.00 e. The Balaban J connectivity index is 0.00000576. The molecular formula is C18H29NaO5S. The molecule has 1 aromatic carbocycles. The van der Waals surface area contributed by atoms with E-state index in [0.29, 0.717) is 6.61 Å². The Hall–Kier alpha value is -0.110. The molecule has 0 radical (unpaired) electrons. The van der Waals surface area contributed by atoms with E-state index in [4.69, 9.17) is 9.47 Å².